The van der Waals surface area contributed by atoms with Crippen LogP contribution in [-0.2, 0) is 5.41 Å². The molecule has 0 heterocycles. The summed E-state index contributed by atoms with van der Waals surface area (Å²) in [7, 11) is 0. The van der Waals surface area contributed by atoms with E-state index >= 15 is 0 Å². The lowest BCUT2D eigenvalue weighted by molar-refractivity contribution is 0.181. The number of hydrogen-bond acceptors (Lipinski definition) is 2. The molecule has 2 nitrogen and oxygen atoms in total. The SMILES string of the molecule is CC(C)C1(c2ccccc2)CC1(CN)CO. The molecule has 2 unspecified atom stereocenters. The predicted molar refractivity (Wildman–Crippen MR) is 66.1 cm³/mol. The summed E-state index contributed by atoms with van der Waals surface area (Å²) in [6.45, 7) is 5.20. The van der Waals surface area contributed by atoms with Crippen molar-refractivity contribution in [3.05, 3.63) is 35.9 Å². The second-order valence-corrected chi connectivity index (χ2v) is 5.31. The highest BCUT2D eigenvalue weighted by Gasteiger charge is 2.68. The summed E-state index contributed by atoms with van der Waals surface area (Å²) in [6.07, 6.45) is 1.01. The molecule has 1 aliphatic carbocycles. The fourth-order valence-corrected chi connectivity index (χ4v) is 3.30. The van der Waals surface area contributed by atoms with E-state index in [-0.39, 0.29) is 17.4 Å². The molecule has 2 heteroatoms. The van der Waals surface area contributed by atoms with E-state index in [0.29, 0.717) is 12.5 Å². The molecule has 0 amide bonds. The zero-order chi connectivity index (χ0) is 11.8. The summed E-state index contributed by atoms with van der Waals surface area (Å²) in [6, 6.07) is 10.5. The molecule has 0 bridgehead atoms. The molecule has 0 spiro atoms. The maximum Gasteiger partial charge on any atom is 0.0508 e. The Labute approximate surface area is 97.5 Å². The Morgan fingerprint density at radius 1 is 1.31 bits per heavy atom. The van der Waals surface area contributed by atoms with Crippen molar-refractivity contribution >= 4 is 0 Å². The Morgan fingerprint density at radius 3 is 2.31 bits per heavy atom. The lowest BCUT2D eigenvalue weighted by atomic mass is 9.78. The average Bonchev–Trinajstić information content (AvgIpc) is 3.02. The Kier molecular flexibility index (Phi) is 2.81. The molecule has 0 aliphatic heterocycles. The van der Waals surface area contributed by atoms with Crippen molar-refractivity contribution in [1.82, 2.24) is 0 Å². The second kappa shape index (κ2) is 3.86. The minimum Gasteiger partial charge on any atom is -0.396 e. The van der Waals surface area contributed by atoms with Gasteiger partial charge in [0.15, 0.2) is 0 Å². The van der Waals surface area contributed by atoms with E-state index in [1.54, 1.807) is 0 Å². The van der Waals surface area contributed by atoms with Gasteiger partial charge in [-0.3, -0.25) is 0 Å². The Balaban J connectivity index is 2.42. The van der Waals surface area contributed by atoms with Gasteiger partial charge in [0.25, 0.3) is 0 Å². The zero-order valence-corrected chi connectivity index (χ0v) is 10.1. The third-order valence-corrected chi connectivity index (χ3v) is 4.41. The Hall–Kier alpha value is -0.860. The third-order valence-electron chi connectivity index (χ3n) is 4.41. The van der Waals surface area contributed by atoms with Crippen LogP contribution in [0.15, 0.2) is 30.3 Å². The van der Waals surface area contributed by atoms with Crippen LogP contribution in [0.5, 0.6) is 0 Å². The molecule has 1 saturated carbocycles. The van der Waals surface area contributed by atoms with Crippen molar-refractivity contribution in [2.75, 3.05) is 13.2 Å². The van der Waals surface area contributed by atoms with Crippen molar-refractivity contribution in [2.24, 2.45) is 17.1 Å². The van der Waals surface area contributed by atoms with Crippen molar-refractivity contribution in [2.45, 2.75) is 25.7 Å². The molecule has 88 valence electrons. The standard InChI is InChI=1S/C14H21NO/c1-11(2)14(8-13(14,9-15)10-16)12-6-4-3-5-7-12/h3-7,11,16H,8-10,15H2,1-2H3. The second-order valence-electron chi connectivity index (χ2n) is 5.31. The molecule has 16 heavy (non-hydrogen) atoms. The van der Waals surface area contributed by atoms with Gasteiger partial charge < -0.3 is 10.8 Å². The van der Waals surface area contributed by atoms with E-state index < -0.39 is 0 Å². The predicted octanol–water partition coefficient (Wildman–Crippen LogP) is 1.92. The monoisotopic (exact) mass is 219 g/mol. The number of aliphatic hydroxyl groups excluding tert-OH is 1. The molecule has 2 atom stereocenters. The lowest BCUT2D eigenvalue weighted by Gasteiger charge is -2.28. The maximum atomic E-state index is 9.62. The Bertz CT molecular complexity index is 356. The van der Waals surface area contributed by atoms with Gasteiger partial charge in [-0.1, -0.05) is 44.2 Å². The number of benzene rings is 1. The number of aliphatic hydroxyl groups is 1. The van der Waals surface area contributed by atoms with Crippen molar-refractivity contribution in [3.8, 4) is 0 Å². The van der Waals surface area contributed by atoms with Crippen molar-refractivity contribution < 1.29 is 5.11 Å². The quantitative estimate of drug-likeness (QED) is 0.812. The molecular weight excluding hydrogens is 198 g/mol. The van der Waals surface area contributed by atoms with E-state index in [1.807, 2.05) is 6.07 Å². The lowest BCUT2D eigenvalue weighted by Crippen LogP contribution is -2.32. The minimum atomic E-state index is -0.0947. The number of nitrogens with two attached hydrogens (primary N) is 1. The van der Waals surface area contributed by atoms with Crippen LogP contribution >= 0.6 is 0 Å². The first-order valence-electron chi connectivity index (χ1n) is 5.99. The summed E-state index contributed by atoms with van der Waals surface area (Å²) < 4.78 is 0. The molecule has 0 radical (unpaired) electrons. The van der Waals surface area contributed by atoms with Gasteiger partial charge >= 0.3 is 0 Å². The maximum absolute atomic E-state index is 9.62. The molecule has 1 fully saturated rings. The van der Waals surface area contributed by atoms with Crippen LogP contribution < -0.4 is 5.73 Å². The molecule has 3 N–H and O–H groups in total. The van der Waals surface area contributed by atoms with Gasteiger partial charge in [0.05, 0.1) is 6.61 Å². The first kappa shape index (κ1) is 11.6. The summed E-state index contributed by atoms with van der Waals surface area (Å²) >= 11 is 0. The highest BCUT2D eigenvalue weighted by molar-refractivity contribution is 5.39. The zero-order valence-electron chi connectivity index (χ0n) is 10.1. The van der Waals surface area contributed by atoms with Crippen LogP contribution in [-0.4, -0.2) is 18.3 Å². The number of hydrogen-bond donors (Lipinski definition) is 2. The van der Waals surface area contributed by atoms with Crippen LogP contribution in [0.2, 0.25) is 0 Å². The van der Waals surface area contributed by atoms with Crippen LogP contribution in [0, 0.1) is 11.3 Å². The first-order valence-corrected chi connectivity index (χ1v) is 5.99. The third kappa shape index (κ3) is 1.33. The van der Waals surface area contributed by atoms with E-state index in [4.69, 9.17) is 5.73 Å². The van der Waals surface area contributed by atoms with Gasteiger partial charge in [-0.25, -0.2) is 0 Å². The van der Waals surface area contributed by atoms with Gasteiger partial charge in [0.1, 0.15) is 0 Å². The largest absolute Gasteiger partial charge is 0.396 e. The fraction of sp³-hybridized carbons (Fsp3) is 0.571. The Morgan fingerprint density at radius 2 is 1.94 bits per heavy atom. The van der Waals surface area contributed by atoms with E-state index in [9.17, 15) is 5.11 Å². The summed E-state index contributed by atoms with van der Waals surface area (Å²) in [5, 5.41) is 9.62. The summed E-state index contributed by atoms with van der Waals surface area (Å²) in [5.74, 6) is 0.505. The molecular formula is C14H21NO. The minimum absolute atomic E-state index is 0.0811. The van der Waals surface area contributed by atoms with Crippen molar-refractivity contribution in [1.29, 1.82) is 0 Å². The van der Waals surface area contributed by atoms with E-state index in [1.165, 1.54) is 5.56 Å². The first-order chi connectivity index (χ1) is 7.63. The van der Waals surface area contributed by atoms with E-state index in [2.05, 4.69) is 38.1 Å². The topological polar surface area (TPSA) is 46.2 Å². The smallest absolute Gasteiger partial charge is 0.0508 e. The number of rotatable bonds is 4. The van der Waals surface area contributed by atoms with Crippen LogP contribution in [0.4, 0.5) is 0 Å². The molecule has 1 aromatic rings. The summed E-state index contributed by atoms with van der Waals surface area (Å²) in [4.78, 5) is 0. The van der Waals surface area contributed by atoms with Crippen LogP contribution in [0.1, 0.15) is 25.8 Å². The molecule has 0 aromatic heterocycles. The van der Waals surface area contributed by atoms with Gasteiger partial charge in [0.2, 0.25) is 0 Å². The van der Waals surface area contributed by atoms with Gasteiger partial charge in [-0.15, -0.1) is 0 Å². The van der Waals surface area contributed by atoms with Crippen LogP contribution in [0.3, 0.4) is 0 Å². The normalized spacial score (nSPS) is 33.1. The van der Waals surface area contributed by atoms with Gasteiger partial charge in [-0.2, -0.15) is 0 Å². The van der Waals surface area contributed by atoms with Crippen molar-refractivity contribution in [3.63, 3.8) is 0 Å². The molecule has 1 aliphatic rings. The van der Waals surface area contributed by atoms with Gasteiger partial charge in [0, 0.05) is 17.4 Å². The highest BCUT2D eigenvalue weighted by Crippen LogP contribution is 2.67. The van der Waals surface area contributed by atoms with E-state index in [0.717, 1.165) is 6.42 Å². The fourth-order valence-electron chi connectivity index (χ4n) is 3.30. The average molecular weight is 219 g/mol. The van der Waals surface area contributed by atoms with Crippen LogP contribution in [0.25, 0.3) is 0 Å². The molecule has 1 aromatic carbocycles. The summed E-state index contributed by atoms with van der Waals surface area (Å²) in [5.41, 5.74) is 7.18. The van der Waals surface area contributed by atoms with Gasteiger partial charge in [-0.05, 0) is 17.9 Å². The molecule has 0 saturated heterocycles. The highest BCUT2D eigenvalue weighted by atomic mass is 16.3. The molecule has 2 rings (SSSR count).